The van der Waals surface area contributed by atoms with Crippen molar-refractivity contribution >= 4 is 5.97 Å². The Labute approximate surface area is 190 Å². The first-order valence-electron chi connectivity index (χ1n) is 12.5. The van der Waals surface area contributed by atoms with Gasteiger partial charge in [0.2, 0.25) is 5.82 Å². The lowest BCUT2D eigenvalue weighted by molar-refractivity contribution is -0.146. The van der Waals surface area contributed by atoms with Crippen molar-refractivity contribution in [3.63, 3.8) is 0 Å². The summed E-state index contributed by atoms with van der Waals surface area (Å²) in [6.07, 6.45) is 11.3. The Hall–Kier alpha value is -1.91. The highest BCUT2D eigenvalue weighted by Crippen LogP contribution is 2.49. The average Bonchev–Trinajstić information content (AvgIpc) is 3.39. The second kappa shape index (κ2) is 10.4. The molecule has 3 aliphatic rings. The Balaban J connectivity index is 1.30. The normalized spacial score (nSPS) is 29.5. The van der Waals surface area contributed by atoms with Gasteiger partial charge in [-0.05, 0) is 86.7 Å². The zero-order chi connectivity index (χ0) is 22.7. The van der Waals surface area contributed by atoms with Crippen LogP contribution in [0.2, 0.25) is 0 Å². The van der Waals surface area contributed by atoms with E-state index in [0.29, 0.717) is 49.7 Å². The van der Waals surface area contributed by atoms with Crippen LogP contribution in [0.3, 0.4) is 0 Å². The van der Waals surface area contributed by atoms with Crippen molar-refractivity contribution in [2.24, 2.45) is 17.8 Å². The first-order valence-corrected chi connectivity index (χ1v) is 12.5. The van der Waals surface area contributed by atoms with Gasteiger partial charge in [0.15, 0.2) is 11.6 Å². The van der Waals surface area contributed by atoms with Crippen molar-refractivity contribution in [3.05, 3.63) is 41.0 Å². The highest BCUT2D eigenvalue weighted by Gasteiger charge is 2.43. The molecule has 1 aromatic carbocycles. The predicted molar refractivity (Wildman–Crippen MR) is 121 cm³/mol. The number of allylic oxidation sites excluding steroid dienone is 1. The van der Waals surface area contributed by atoms with Gasteiger partial charge in [-0.25, -0.2) is 9.18 Å². The fourth-order valence-corrected chi connectivity index (χ4v) is 6.17. The Morgan fingerprint density at radius 3 is 2.50 bits per heavy atom. The lowest BCUT2D eigenvalue weighted by Gasteiger charge is -2.29. The molecule has 0 heterocycles. The zero-order valence-corrected chi connectivity index (χ0v) is 19.4. The number of hydrogen-bond donors (Lipinski definition) is 0. The van der Waals surface area contributed by atoms with Crippen LogP contribution in [0.25, 0.3) is 0 Å². The van der Waals surface area contributed by atoms with E-state index in [1.807, 2.05) is 6.92 Å². The summed E-state index contributed by atoms with van der Waals surface area (Å²) >= 11 is 0. The molecule has 3 atom stereocenters. The molecule has 4 rings (SSSR count). The molecule has 5 heteroatoms. The summed E-state index contributed by atoms with van der Waals surface area (Å²) in [6.45, 7) is 4.52. The summed E-state index contributed by atoms with van der Waals surface area (Å²) in [4.78, 5) is 12.9. The lowest BCUT2D eigenvalue weighted by atomic mass is 9.82. The third-order valence-corrected chi connectivity index (χ3v) is 7.80. The fourth-order valence-electron chi connectivity index (χ4n) is 6.17. The van der Waals surface area contributed by atoms with Gasteiger partial charge >= 0.3 is 5.97 Å². The maximum atomic E-state index is 14.6. The van der Waals surface area contributed by atoms with E-state index in [9.17, 15) is 13.6 Å². The molecular weight excluding hydrogens is 410 g/mol. The lowest BCUT2D eigenvalue weighted by Crippen LogP contribution is -2.26. The monoisotopic (exact) mass is 446 g/mol. The van der Waals surface area contributed by atoms with Crippen LogP contribution >= 0.6 is 0 Å². The Bertz CT molecular complexity index is 842. The van der Waals surface area contributed by atoms with Gasteiger partial charge in [-0.2, -0.15) is 4.39 Å². The fraction of sp³-hybridized carbons (Fsp3) is 0.667. The van der Waals surface area contributed by atoms with E-state index in [0.717, 1.165) is 30.8 Å². The molecule has 3 nitrogen and oxygen atoms in total. The van der Waals surface area contributed by atoms with Gasteiger partial charge in [-0.1, -0.05) is 38.8 Å². The minimum Gasteiger partial charge on any atom is -0.490 e. The van der Waals surface area contributed by atoms with E-state index in [4.69, 9.17) is 9.47 Å². The number of hydrogen-bond acceptors (Lipinski definition) is 3. The van der Waals surface area contributed by atoms with Crippen LogP contribution in [-0.2, 0) is 9.53 Å². The molecule has 3 aliphatic carbocycles. The number of halogens is 2. The maximum absolute atomic E-state index is 14.6. The maximum Gasteiger partial charge on any atom is 0.334 e. The zero-order valence-electron chi connectivity index (χ0n) is 19.4. The van der Waals surface area contributed by atoms with E-state index in [-0.39, 0.29) is 23.7 Å². The quantitative estimate of drug-likeness (QED) is 0.400. The second-order valence-corrected chi connectivity index (χ2v) is 9.80. The highest BCUT2D eigenvalue weighted by molar-refractivity contribution is 5.90. The van der Waals surface area contributed by atoms with Gasteiger partial charge in [0.05, 0.1) is 6.61 Å². The molecule has 2 saturated carbocycles. The molecule has 3 unspecified atom stereocenters. The second-order valence-electron chi connectivity index (χ2n) is 9.80. The number of fused-ring (bicyclic) bond motifs is 1. The molecular formula is C27H36F2O3. The highest BCUT2D eigenvalue weighted by atomic mass is 19.2. The van der Waals surface area contributed by atoms with Crippen molar-refractivity contribution in [3.8, 4) is 5.75 Å². The van der Waals surface area contributed by atoms with Crippen LogP contribution in [0.5, 0.6) is 5.75 Å². The number of carbonyl (C=O) groups excluding carboxylic acids is 1. The van der Waals surface area contributed by atoms with Crippen LogP contribution in [0.15, 0.2) is 23.8 Å². The standard InChI is InChI=1S/C27H36F2O3/c1-3-5-17-8-11-22-20(17)12-13-23(22)27(30)32-19-9-6-18(7-10-19)21-14-15-24(31-16-4-2)26(29)25(21)28/h13-15,17-20,22H,3-12,16H2,1-2H3. The molecule has 2 fully saturated rings. The van der Waals surface area contributed by atoms with E-state index in [1.54, 1.807) is 6.07 Å². The van der Waals surface area contributed by atoms with Crippen LogP contribution < -0.4 is 4.74 Å². The van der Waals surface area contributed by atoms with Gasteiger partial charge in [0, 0.05) is 5.57 Å². The van der Waals surface area contributed by atoms with Crippen LogP contribution in [0.4, 0.5) is 8.78 Å². The molecule has 176 valence electrons. The molecule has 0 aliphatic heterocycles. The van der Waals surface area contributed by atoms with Crippen molar-refractivity contribution in [1.29, 1.82) is 0 Å². The summed E-state index contributed by atoms with van der Waals surface area (Å²) in [5.41, 5.74) is 1.30. The minimum absolute atomic E-state index is 0.0213. The van der Waals surface area contributed by atoms with Gasteiger partial charge < -0.3 is 9.47 Å². The summed E-state index contributed by atoms with van der Waals surface area (Å²) < 4.78 is 40.2. The molecule has 32 heavy (non-hydrogen) atoms. The molecule has 0 amide bonds. The van der Waals surface area contributed by atoms with E-state index < -0.39 is 11.6 Å². The number of ether oxygens (including phenoxy) is 2. The molecule has 0 aromatic heterocycles. The van der Waals surface area contributed by atoms with Crippen molar-refractivity contribution in [2.45, 2.75) is 90.1 Å². The van der Waals surface area contributed by atoms with Crippen molar-refractivity contribution in [1.82, 2.24) is 0 Å². The average molecular weight is 447 g/mol. The van der Waals surface area contributed by atoms with Crippen LogP contribution in [0, 0.1) is 29.4 Å². The summed E-state index contributed by atoms with van der Waals surface area (Å²) in [5, 5.41) is 0. The Morgan fingerprint density at radius 1 is 1.00 bits per heavy atom. The Morgan fingerprint density at radius 2 is 1.78 bits per heavy atom. The molecule has 1 aromatic rings. The summed E-state index contributed by atoms with van der Waals surface area (Å²) in [6, 6.07) is 3.18. The van der Waals surface area contributed by atoms with E-state index in [1.165, 1.54) is 25.3 Å². The van der Waals surface area contributed by atoms with Gasteiger partial charge in [0.25, 0.3) is 0 Å². The largest absolute Gasteiger partial charge is 0.490 e. The Kier molecular flexibility index (Phi) is 7.52. The summed E-state index contributed by atoms with van der Waals surface area (Å²) in [7, 11) is 0. The van der Waals surface area contributed by atoms with Gasteiger partial charge in [0.1, 0.15) is 6.10 Å². The van der Waals surface area contributed by atoms with Crippen LogP contribution in [-0.4, -0.2) is 18.7 Å². The van der Waals surface area contributed by atoms with E-state index in [2.05, 4.69) is 13.0 Å². The molecule has 0 radical (unpaired) electrons. The van der Waals surface area contributed by atoms with Crippen LogP contribution in [0.1, 0.15) is 89.5 Å². The first kappa shape index (κ1) is 23.3. The smallest absolute Gasteiger partial charge is 0.334 e. The summed E-state index contributed by atoms with van der Waals surface area (Å²) in [5.74, 6) is -0.180. The number of rotatable bonds is 8. The molecule has 0 N–H and O–H groups in total. The predicted octanol–water partition coefficient (Wildman–Crippen LogP) is 7.10. The van der Waals surface area contributed by atoms with Gasteiger partial charge in [-0.15, -0.1) is 0 Å². The third kappa shape index (κ3) is 4.72. The molecule has 0 spiro atoms. The van der Waals surface area contributed by atoms with Gasteiger partial charge in [-0.3, -0.25) is 0 Å². The SMILES string of the molecule is CCCOc1ccc(C2CCC(OC(=O)C3=CCC4C(CCC)CCC34)CC2)c(F)c1F. The van der Waals surface area contributed by atoms with E-state index >= 15 is 0 Å². The first-order chi connectivity index (χ1) is 15.5. The molecule has 0 saturated heterocycles. The molecule has 0 bridgehead atoms. The number of esters is 1. The number of benzene rings is 1. The number of carbonyl (C=O) groups is 1. The minimum atomic E-state index is -0.898. The topological polar surface area (TPSA) is 35.5 Å². The van der Waals surface area contributed by atoms with Crippen molar-refractivity contribution in [2.75, 3.05) is 6.61 Å². The van der Waals surface area contributed by atoms with Crippen molar-refractivity contribution < 1.29 is 23.0 Å². The third-order valence-electron chi connectivity index (χ3n) is 7.80.